The van der Waals surface area contributed by atoms with E-state index in [1.165, 1.54) is 0 Å². The Balaban J connectivity index is 2.11. The summed E-state index contributed by atoms with van der Waals surface area (Å²) in [5, 5.41) is 3.73. The molecule has 1 saturated heterocycles. The predicted octanol–water partition coefficient (Wildman–Crippen LogP) is 4.69. The number of aromatic amines is 1. The SMILES string of the molecule is CC(C)(C)c1ccc(C(=C[C@H]2CCC(=O)N2)c2ccc(Cl)c(=O)[nH]2)cc1Cl. The van der Waals surface area contributed by atoms with Gasteiger partial charge in [0.1, 0.15) is 5.02 Å². The number of aromatic nitrogens is 1. The Morgan fingerprint density at radius 2 is 1.85 bits per heavy atom. The van der Waals surface area contributed by atoms with Crippen molar-refractivity contribution in [1.29, 1.82) is 0 Å². The minimum Gasteiger partial charge on any atom is -0.350 e. The molecule has 1 aromatic carbocycles. The zero-order valence-corrected chi connectivity index (χ0v) is 17.0. The van der Waals surface area contributed by atoms with Gasteiger partial charge in [-0.25, -0.2) is 0 Å². The monoisotopic (exact) mass is 404 g/mol. The van der Waals surface area contributed by atoms with E-state index in [2.05, 4.69) is 31.1 Å². The molecule has 1 aromatic heterocycles. The first kappa shape index (κ1) is 19.7. The van der Waals surface area contributed by atoms with Crippen molar-refractivity contribution in [1.82, 2.24) is 10.3 Å². The van der Waals surface area contributed by atoms with Gasteiger partial charge in [-0.1, -0.05) is 62.2 Å². The summed E-state index contributed by atoms with van der Waals surface area (Å²) in [6, 6.07) is 9.14. The van der Waals surface area contributed by atoms with Gasteiger partial charge in [0.05, 0.1) is 0 Å². The molecule has 3 rings (SSSR count). The number of hydrogen-bond donors (Lipinski definition) is 2. The largest absolute Gasteiger partial charge is 0.350 e. The smallest absolute Gasteiger partial charge is 0.267 e. The highest BCUT2D eigenvalue weighted by atomic mass is 35.5. The van der Waals surface area contributed by atoms with Gasteiger partial charge in [-0.2, -0.15) is 0 Å². The second kappa shape index (κ2) is 7.53. The lowest BCUT2D eigenvalue weighted by Crippen LogP contribution is -2.23. The van der Waals surface area contributed by atoms with E-state index in [-0.39, 0.29) is 27.9 Å². The first-order valence-electron chi connectivity index (χ1n) is 8.86. The quantitative estimate of drug-likeness (QED) is 0.778. The van der Waals surface area contributed by atoms with Crippen LogP contribution in [-0.2, 0) is 10.2 Å². The van der Waals surface area contributed by atoms with Gasteiger partial charge in [-0.05, 0) is 41.2 Å². The maximum atomic E-state index is 12.0. The van der Waals surface area contributed by atoms with Gasteiger partial charge >= 0.3 is 0 Å². The van der Waals surface area contributed by atoms with Crippen molar-refractivity contribution in [3.05, 3.63) is 73.6 Å². The molecule has 1 amide bonds. The normalized spacial score (nSPS) is 17.9. The molecule has 0 spiro atoms. The van der Waals surface area contributed by atoms with Crippen molar-refractivity contribution in [3.63, 3.8) is 0 Å². The van der Waals surface area contributed by atoms with Crippen molar-refractivity contribution in [2.45, 2.75) is 45.1 Å². The molecule has 1 aliphatic rings. The molecule has 0 saturated carbocycles. The molecule has 2 heterocycles. The number of H-pyrrole nitrogens is 1. The third-order valence-electron chi connectivity index (χ3n) is 4.64. The number of benzene rings is 1. The molecule has 2 aromatic rings. The molecule has 0 aliphatic carbocycles. The van der Waals surface area contributed by atoms with E-state index in [1.807, 2.05) is 24.3 Å². The van der Waals surface area contributed by atoms with Crippen LogP contribution in [0.15, 0.2) is 41.2 Å². The number of amides is 1. The van der Waals surface area contributed by atoms with Crippen LogP contribution in [0.3, 0.4) is 0 Å². The topological polar surface area (TPSA) is 62.0 Å². The Morgan fingerprint density at radius 3 is 2.41 bits per heavy atom. The van der Waals surface area contributed by atoms with Gasteiger partial charge in [-0.3, -0.25) is 9.59 Å². The summed E-state index contributed by atoms with van der Waals surface area (Å²) in [6.45, 7) is 6.32. The second-order valence-electron chi connectivity index (χ2n) is 7.79. The zero-order valence-electron chi connectivity index (χ0n) is 15.5. The van der Waals surface area contributed by atoms with E-state index >= 15 is 0 Å². The van der Waals surface area contributed by atoms with Crippen LogP contribution < -0.4 is 10.9 Å². The van der Waals surface area contributed by atoms with Crippen LogP contribution in [0.25, 0.3) is 5.57 Å². The maximum Gasteiger partial charge on any atom is 0.267 e. The first-order valence-corrected chi connectivity index (χ1v) is 9.61. The molecule has 1 fully saturated rings. The first-order chi connectivity index (χ1) is 12.6. The van der Waals surface area contributed by atoms with Gasteiger partial charge in [0, 0.05) is 28.8 Å². The van der Waals surface area contributed by atoms with Crippen LogP contribution in [0, 0.1) is 0 Å². The summed E-state index contributed by atoms with van der Waals surface area (Å²) in [4.78, 5) is 26.4. The van der Waals surface area contributed by atoms with Gasteiger partial charge in [0.2, 0.25) is 5.91 Å². The minimum atomic E-state index is -0.354. The van der Waals surface area contributed by atoms with Crippen molar-refractivity contribution in [2.24, 2.45) is 0 Å². The molecule has 142 valence electrons. The van der Waals surface area contributed by atoms with E-state index in [0.29, 0.717) is 23.6 Å². The van der Waals surface area contributed by atoms with Crippen LogP contribution in [0.1, 0.15) is 50.4 Å². The van der Waals surface area contributed by atoms with Crippen LogP contribution in [0.2, 0.25) is 10.0 Å². The number of halogens is 2. The van der Waals surface area contributed by atoms with Gasteiger partial charge in [0.25, 0.3) is 5.56 Å². The molecule has 0 bridgehead atoms. The van der Waals surface area contributed by atoms with Crippen LogP contribution >= 0.6 is 23.2 Å². The predicted molar refractivity (Wildman–Crippen MR) is 110 cm³/mol. The summed E-state index contributed by atoms with van der Waals surface area (Å²) in [7, 11) is 0. The Morgan fingerprint density at radius 1 is 1.11 bits per heavy atom. The second-order valence-corrected chi connectivity index (χ2v) is 8.60. The minimum absolute atomic E-state index is 0.0290. The number of carbonyl (C=O) groups is 1. The van der Waals surface area contributed by atoms with Crippen LogP contribution in [0.5, 0.6) is 0 Å². The summed E-state index contributed by atoms with van der Waals surface area (Å²) in [6.07, 6.45) is 3.18. The van der Waals surface area contributed by atoms with Gasteiger partial charge in [-0.15, -0.1) is 0 Å². The summed E-state index contributed by atoms with van der Waals surface area (Å²) >= 11 is 12.4. The van der Waals surface area contributed by atoms with E-state index in [1.54, 1.807) is 12.1 Å². The Kier molecular flexibility index (Phi) is 5.50. The Labute approximate surface area is 168 Å². The fourth-order valence-corrected chi connectivity index (χ4v) is 3.78. The molecule has 4 nitrogen and oxygen atoms in total. The molecular formula is C21H22Cl2N2O2. The van der Waals surface area contributed by atoms with Crippen molar-refractivity contribution >= 4 is 34.7 Å². The number of rotatable bonds is 3. The molecule has 27 heavy (non-hydrogen) atoms. The lowest BCUT2D eigenvalue weighted by Gasteiger charge is -2.22. The number of pyridine rings is 1. The zero-order chi connectivity index (χ0) is 19.8. The Bertz CT molecular complexity index is 971. The van der Waals surface area contributed by atoms with E-state index < -0.39 is 0 Å². The molecule has 0 radical (unpaired) electrons. The molecule has 6 heteroatoms. The molecular weight excluding hydrogens is 383 g/mol. The molecule has 1 atom stereocenters. The summed E-state index contributed by atoms with van der Waals surface area (Å²) < 4.78 is 0. The highest BCUT2D eigenvalue weighted by Crippen LogP contribution is 2.33. The number of carbonyl (C=O) groups excluding carboxylic acids is 1. The fraction of sp³-hybridized carbons (Fsp3) is 0.333. The van der Waals surface area contributed by atoms with Crippen LogP contribution in [0.4, 0.5) is 0 Å². The average Bonchev–Trinajstić information content (AvgIpc) is 2.99. The summed E-state index contributed by atoms with van der Waals surface area (Å²) in [5.74, 6) is 0.0290. The maximum absolute atomic E-state index is 12.0. The fourth-order valence-electron chi connectivity index (χ4n) is 3.21. The lowest BCUT2D eigenvalue weighted by molar-refractivity contribution is -0.119. The van der Waals surface area contributed by atoms with Crippen LogP contribution in [-0.4, -0.2) is 16.9 Å². The molecule has 2 N–H and O–H groups in total. The highest BCUT2D eigenvalue weighted by Gasteiger charge is 2.22. The van der Waals surface area contributed by atoms with Gasteiger partial charge in [0.15, 0.2) is 0 Å². The standard InChI is InChI=1S/C21H22Cl2N2O2/c1-21(2,3)15-6-4-12(10-17(15)23)14(11-13-5-9-19(26)24-13)18-8-7-16(22)20(27)25-18/h4,6-8,10-11,13H,5,9H2,1-3H3,(H,24,26)(H,25,27)/t13-/m1/s1. The molecule has 0 unspecified atom stereocenters. The Hall–Kier alpha value is -2.04. The van der Waals surface area contributed by atoms with E-state index in [9.17, 15) is 9.59 Å². The molecule has 1 aliphatic heterocycles. The number of hydrogen-bond acceptors (Lipinski definition) is 2. The van der Waals surface area contributed by atoms with E-state index in [0.717, 1.165) is 16.7 Å². The van der Waals surface area contributed by atoms with E-state index in [4.69, 9.17) is 23.2 Å². The lowest BCUT2D eigenvalue weighted by atomic mass is 9.85. The van der Waals surface area contributed by atoms with Crippen molar-refractivity contribution < 1.29 is 4.79 Å². The third kappa shape index (κ3) is 4.45. The van der Waals surface area contributed by atoms with Gasteiger partial charge < -0.3 is 10.3 Å². The van der Waals surface area contributed by atoms with Crippen molar-refractivity contribution in [3.8, 4) is 0 Å². The average molecular weight is 405 g/mol. The number of nitrogens with one attached hydrogen (secondary N) is 2. The summed E-state index contributed by atoms with van der Waals surface area (Å²) in [5.41, 5.74) is 2.92. The van der Waals surface area contributed by atoms with Crippen molar-refractivity contribution in [2.75, 3.05) is 0 Å². The highest BCUT2D eigenvalue weighted by molar-refractivity contribution is 6.31. The third-order valence-corrected chi connectivity index (χ3v) is 5.25.